The van der Waals surface area contributed by atoms with Gasteiger partial charge in [-0.3, -0.25) is 0 Å². The summed E-state index contributed by atoms with van der Waals surface area (Å²) in [7, 11) is 0. The first kappa shape index (κ1) is 15.5. The third kappa shape index (κ3) is 3.37. The second-order valence-electron chi connectivity index (χ2n) is 6.54. The highest BCUT2D eigenvalue weighted by atomic mass is 15.3. The molecule has 1 aliphatic rings. The van der Waals surface area contributed by atoms with Crippen molar-refractivity contribution >= 4 is 11.3 Å². The van der Waals surface area contributed by atoms with Crippen molar-refractivity contribution in [3.63, 3.8) is 0 Å². The largest absolute Gasteiger partial charge is 0.241 e. The van der Waals surface area contributed by atoms with Crippen LogP contribution in [0.4, 0.5) is 0 Å². The van der Waals surface area contributed by atoms with E-state index in [1.54, 1.807) is 0 Å². The highest BCUT2D eigenvalue weighted by Gasteiger charge is 2.14. The molecular weight excluding hydrogens is 280 g/mol. The fourth-order valence-electron chi connectivity index (χ4n) is 3.00. The zero-order chi connectivity index (χ0) is 16.4. The van der Waals surface area contributed by atoms with Crippen molar-refractivity contribution in [2.75, 3.05) is 0 Å². The summed E-state index contributed by atoms with van der Waals surface area (Å²) >= 11 is 0. The number of aromatic nitrogens is 2. The van der Waals surface area contributed by atoms with E-state index in [0.29, 0.717) is 5.92 Å². The van der Waals surface area contributed by atoms with E-state index in [0.717, 1.165) is 12.1 Å². The third-order valence-electron chi connectivity index (χ3n) is 4.27. The van der Waals surface area contributed by atoms with E-state index in [1.807, 2.05) is 11.6 Å². The van der Waals surface area contributed by atoms with E-state index in [4.69, 9.17) is 0 Å². The molecule has 0 N–H and O–H groups in total. The molecule has 0 fully saturated rings. The van der Waals surface area contributed by atoms with Crippen LogP contribution < -0.4 is 0 Å². The average Bonchev–Trinajstić information content (AvgIpc) is 2.82. The lowest BCUT2D eigenvalue weighted by Crippen LogP contribution is -2.04. The number of benzene rings is 1. The van der Waals surface area contributed by atoms with Crippen molar-refractivity contribution in [3.05, 3.63) is 77.2 Å². The molecule has 0 spiro atoms. The highest BCUT2D eigenvalue weighted by molar-refractivity contribution is 5.84. The van der Waals surface area contributed by atoms with E-state index in [2.05, 4.69) is 80.6 Å². The van der Waals surface area contributed by atoms with Gasteiger partial charge in [0.25, 0.3) is 0 Å². The number of rotatable bonds is 3. The van der Waals surface area contributed by atoms with Gasteiger partial charge in [-0.2, -0.15) is 5.10 Å². The number of hydrogen-bond donors (Lipinski definition) is 0. The van der Waals surface area contributed by atoms with Gasteiger partial charge in [-0.05, 0) is 55.0 Å². The van der Waals surface area contributed by atoms with E-state index < -0.39 is 0 Å². The molecule has 0 amide bonds. The number of nitrogens with zero attached hydrogens (tertiary/aromatic N) is 2. The second kappa shape index (κ2) is 6.41. The van der Waals surface area contributed by atoms with Crippen LogP contribution in [0.1, 0.15) is 37.1 Å². The SMILES string of the molecule is Cc1cccc(C2=CC(n3ccc(C)n3)=C(C(C)C)CC=C2)c1. The first-order valence-corrected chi connectivity index (χ1v) is 8.25. The van der Waals surface area contributed by atoms with Crippen LogP contribution in [-0.2, 0) is 0 Å². The van der Waals surface area contributed by atoms with Crippen LogP contribution in [0, 0.1) is 19.8 Å². The van der Waals surface area contributed by atoms with Crippen LogP contribution in [0.15, 0.2) is 60.3 Å². The molecular formula is C21H24N2. The molecule has 118 valence electrons. The Hall–Kier alpha value is -2.35. The molecule has 0 atom stereocenters. The molecule has 1 heterocycles. The van der Waals surface area contributed by atoms with Gasteiger partial charge in [0.2, 0.25) is 0 Å². The lowest BCUT2D eigenvalue weighted by atomic mass is 9.97. The van der Waals surface area contributed by atoms with Gasteiger partial charge in [0.15, 0.2) is 0 Å². The van der Waals surface area contributed by atoms with Crippen LogP contribution >= 0.6 is 0 Å². The van der Waals surface area contributed by atoms with Crippen molar-refractivity contribution in [2.24, 2.45) is 5.92 Å². The zero-order valence-corrected chi connectivity index (χ0v) is 14.4. The van der Waals surface area contributed by atoms with Crippen molar-refractivity contribution in [2.45, 2.75) is 34.1 Å². The Kier molecular flexibility index (Phi) is 4.33. The molecule has 3 rings (SSSR count). The predicted molar refractivity (Wildman–Crippen MR) is 97.9 cm³/mol. The van der Waals surface area contributed by atoms with Gasteiger partial charge in [-0.25, -0.2) is 4.68 Å². The standard InChI is InChI=1S/C21H24N2/c1-15(2)20-10-6-9-19(18-8-5-7-16(3)13-18)14-21(20)23-12-11-17(4)22-23/h5-9,11-15H,10H2,1-4H3. The molecule has 23 heavy (non-hydrogen) atoms. The quantitative estimate of drug-likeness (QED) is 0.741. The lowest BCUT2D eigenvalue weighted by Gasteiger charge is -2.15. The fourth-order valence-corrected chi connectivity index (χ4v) is 3.00. The maximum absolute atomic E-state index is 4.64. The van der Waals surface area contributed by atoms with Crippen molar-refractivity contribution in [1.29, 1.82) is 0 Å². The van der Waals surface area contributed by atoms with Gasteiger partial charge >= 0.3 is 0 Å². The normalized spacial score (nSPS) is 15.1. The Morgan fingerprint density at radius 1 is 1.13 bits per heavy atom. The van der Waals surface area contributed by atoms with Gasteiger partial charge in [0, 0.05) is 6.20 Å². The predicted octanol–water partition coefficient (Wildman–Crippen LogP) is 5.41. The summed E-state index contributed by atoms with van der Waals surface area (Å²) in [6, 6.07) is 10.7. The first-order valence-electron chi connectivity index (χ1n) is 8.25. The molecule has 0 unspecified atom stereocenters. The van der Waals surface area contributed by atoms with Crippen molar-refractivity contribution < 1.29 is 0 Å². The number of hydrogen-bond acceptors (Lipinski definition) is 1. The molecule has 0 saturated carbocycles. The average molecular weight is 304 g/mol. The van der Waals surface area contributed by atoms with Crippen LogP contribution in [0.3, 0.4) is 0 Å². The Morgan fingerprint density at radius 3 is 2.61 bits per heavy atom. The van der Waals surface area contributed by atoms with Crippen LogP contribution in [-0.4, -0.2) is 9.78 Å². The van der Waals surface area contributed by atoms with Crippen molar-refractivity contribution in [1.82, 2.24) is 9.78 Å². The molecule has 2 aromatic rings. The minimum absolute atomic E-state index is 0.493. The maximum Gasteiger partial charge on any atom is 0.0649 e. The summed E-state index contributed by atoms with van der Waals surface area (Å²) in [5.41, 5.74) is 7.45. The smallest absolute Gasteiger partial charge is 0.0649 e. The molecule has 1 aromatic carbocycles. The number of aryl methyl sites for hydroxylation is 2. The Balaban J connectivity index is 2.15. The topological polar surface area (TPSA) is 17.8 Å². The third-order valence-corrected chi connectivity index (χ3v) is 4.27. The number of allylic oxidation sites excluding steroid dienone is 6. The summed E-state index contributed by atoms with van der Waals surface area (Å²) in [6.07, 6.45) is 9.81. The maximum atomic E-state index is 4.64. The Bertz CT molecular complexity index is 801. The van der Waals surface area contributed by atoms with Crippen molar-refractivity contribution in [3.8, 4) is 0 Å². The van der Waals surface area contributed by atoms with Gasteiger partial charge in [0.1, 0.15) is 0 Å². The van der Waals surface area contributed by atoms with E-state index >= 15 is 0 Å². The van der Waals surface area contributed by atoms with Crippen LogP contribution in [0.2, 0.25) is 0 Å². The monoisotopic (exact) mass is 304 g/mol. The molecule has 0 bridgehead atoms. The molecule has 1 aromatic heterocycles. The molecule has 2 heteroatoms. The van der Waals surface area contributed by atoms with Gasteiger partial charge < -0.3 is 0 Å². The zero-order valence-electron chi connectivity index (χ0n) is 14.4. The lowest BCUT2D eigenvalue weighted by molar-refractivity contribution is 0.734. The summed E-state index contributed by atoms with van der Waals surface area (Å²) < 4.78 is 2.02. The fraction of sp³-hybridized carbons (Fsp3) is 0.286. The molecule has 2 nitrogen and oxygen atoms in total. The molecule has 0 radical (unpaired) electrons. The minimum atomic E-state index is 0.493. The van der Waals surface area contributed by atoms with Gasteiger partial charge in [0.05, 0.1) is 11.4 Å². The van der Waals surface area contributed by atoms with E-state index in [1.165, 1.54) is 28.0 Å². The summed E-state index contributed by atoms with van der Waals surface area (Å²) in [4.78, 5) is 0. The second-order valence-corrected chi connectivity index (χ2v) is 6.54. The Labute approximate surface area is 138 Å². The molecule has 1 aliphatic carbocycles. The molecule has 0 aliphatic heterocycles. The summed E-state index contributed by atoms with van der Waals surface area (Å²) in [5.74, 6) is 0.493. The van der Waals surface area contributed by atoms with Gasteiger partial charge in [-0.1, -0.05) is 55.8 Å². The van der Waals surface area contributed by atoms with E-state index in [9.17, 15) is 0 Å². The van der Waals surface area contributed by atoms with Crippen LogP contribution in [0.25, 0.3) is 11.3 Å². The first-order chi connectivity index (χ1) is 11.0. The van der Waals surface area contributed by atoms with Crippen LogP contribution in [0.5, 0.6) is 0 Å². The van der Waals surface area contributed by atoms with E-state index in [-0.39, 0.29) is 0 Å². The summed E-state index contributed by atoms with van der Waals surface area (Å²) in [5, 5.41) is 4.64. The summed E-state index contributed by atoms with van der Waals surface area (Å²) in [6.45, 7) is 8.68. The molecule has 0 saturated heterocycles. The van der Waals surface area contributed by atoms with Gasteiger partial charge in [-0.15, -0.1) is 0 Å². The Morgan fingerprint density at radius 2 is 1.96 bits per heavy atom. The highest BCUT2D eigenvalue weighted by Crippen LogP contribution is 2.30. The minimum Gasteiger partial charge on any atom is -0.241 e.